The Kier molecular flexibility index (Phi) is 7.37. The molecule has 1 amide bonds. The van der Waals surface area contributed by atoms with E-state index in [0.29, 0.717) is 36.0 Å². The lowest BCUT2D eigenvalue weighted by Gasteiger charge is -2.38. The highest BCUT2D eigenvalue weighted by atomic mass is 32.2. The van der Waals surface area contributed by atoms with Crippen molar-refractivity contribution < 1.29 is 23.7 Å². The summed E-state index contributed by atoms with van der Waals surface area (Å²) in [6.07, 6.45) is 3.29. The zero-order valence-electron chi connectivity index (χ0n) is 18.2. The highest BCUT2D eigenvalue weighted by Gasteiger charge is 2.33. The molecule has 1 aliphatic heterocycles. The molecule has 0 N–H and O–H groups in total. The Hall–Kier alpha value is -2.54. The predicted molar refractivity (Wildman–Crippen MR) is 119 cm³/mol. The Morgan fingerprint density at radius 2 is 1.60 bits per heavy atom. The van der Waals surface area contributed by atoms with Gasteiger partial charge in [-0.25, -0.2) is 0 Å². The SMILES string of the molecule is COc1ccc(C2c3cc(OC)c(OC)cc3CCN2C(=O)CCSC)cc1OC. The standard InChI is InChI=1S/C23H29NO5S/c1-26-18-7-6-16(13-19(18)27-2)23-17-14-21(29-4)20(28-3)12-15(17)8-10-24(23)22(25)9-11-30-5/h6-7,12-14,23H,8-11H2,1-5H3. The van der Waals surface area contributed by atoms with Crippen LogP contribution in [0.5, 0.6) is 23.0 Å². The Bertz CT molecular complexity index is 901. The summed E-state index contributed by atoms with van der Waals surface area (Å²) >= 11 is 1.68. The Morgan fingerprint density at radius 1 is 0.967 bits per heavy atom. The van der Waals surface area contributed by atoms with E-state index in [9.17, 15) is 4.79 Å². The lowest BCUT2D eigenvalue weighted by molar-refractivity contribution is -0.132. The van der Waals surface area contributed by atoms with Crippen molar-refractivity contribution in [3.8, 4) is 23.0 Å². The molecular weight excluding hydrogens is 402 g/mol. The molecule has 1 heterocycles. The summed E-state index contributed by atoms with van der Waals surface area (Å²) in [4.78, 5) is 15.1. The van der Waals surface area contributed by atoms with Crippen molar-refractivity contribution in [3.05, 3.63) is 47.0 Å². The van der Waals surface area contributed by atoms with Gasteiger partial charge in [0, 0.05) is 18.7 Å². The second kappa shape index (κ2) is 9.98. The summed E-state index contributed by atoms with van der Waals surface area (Å²) in [5, 5.41) is 0. The summed E-state index contributed by atoms with van der Waals surface area (Å²) in [5.41, 5.74) is 3.17. The smallest absolute Gasteiger partial charge is 0.224 e. The van der Waals surface area contributed by atoms with Crippen LogP contribution in [0.3, 0.4) is 0 Å². The third kappa shape index (κ3) is 4.31. The van der Waals surface area contributed by atoms with Gasteiger partial charge in [-0.15, -0.1) is 0 Å². The van der Waals surface area contributed by atoms with Gasteiger partial charge >= 0.3 is 0 Å². The first kappa shape index (κ1) is 22.2. The second-order valence-corrected chi connectivity index (χ2v) is 7.99. The van der Waals surface area contributed by atoms with Crippen molar-refractivity contribution in [1.29, 1.82) is 0 Å². The third-order valence-corrected chi connectivity index (χ3v) is 6.05. The molecule has 0 spiro atoms. The lowest BCUT2D eigenvalue weighted by Crippen LogP contribution is -2.40. The van der Waals surface area contributed by atoms with E-state index in [1.54, 1.807) is 40.2 Å². The summed E-state index contributed by atoms with van der Waals surface area (Å²) < 4.78 is 22.0. The number of thioether (sulfide) groups is 1. The largest absolute Gasteiger partial charge is 0.493 e. The van der Waals surface area contributed by atoms with Crippen molar-refractivity contribution >= 4 is 17.7 Å². The summed E-state index contributed by atoms with van der Waals surface area (Å²) in [7, 11) is 6.49. The molecule has 2 aromatic carbocycles. The van der Waals surface area contributed by atoms with Crippen LogP contribution in [0.15, 0.2) is 30.3 Å². The van der Waals surface area contributed by atoms with Gasteiger partial charge < -0.3 is 23.8 Å². The molecule has 1 aliphatic rings. The summed E-state index contributed by atoms with van der Waals surface area (Å²) in [6.45, 7) is 0.648. The van der Waals surface area contributed by atoms with Crippen LogP contribution < -0.4 is 18.9 Å². The fraction of sp³-hybridized carbons (Fsp3) is 0.435. The number of carbonyl (C=O) groups excluding carboxylic acids is 1. The van der Waals surface area contributed by atoms with Gasteiger partial charge in [0.15, 0.2) is 23.0 Å². The summed E-state index contributed by atoms with van der Waals surface area (Å²) in [5.74, 6) is 3.59. The average Bonchev–Trinajstić information content (AvgIpc) is 2.80. The molecule has 7 heteroatoms. The van der Waals surface area contributed by atoms with Crippen LogP contribution in [0, 0.1) is 0 Å². The third-order valence-electron chi connectivity index (χ3n) is 5.44. The number of amides is 1. The predicted octanol–water partition coefficient (Wildman–Crippen LogP) is 3.95. The van der Waals surface area contributed by atoms with Crippen LogP contribution in [0.25, 0.3) is 0 Å². The summed E-state index contributed by atoms with van der Waals surface area (Å²) in [6, 6.07) is 9.60. The maximum Gasteiger partial charge on any atom is 0.224 e. The maximum absolute atomic E-state index is 13.1. The lowest BCUT2D eigenvalue weighted by atomic mass is 9.87. The van der Waals surface area contributed by atoms with Gasteiger partial charge in [-0.05, 0) is 53.6 Å². The van der Waals surface area contributed by atoms with E-state index in [-0.39, 0.29) is 11.9 Å². The quantitative estimate of drug-likeness (QED) is 0.631. The van der Waals surface area contributed by atoms with E-state index < -0.39 is 0 Å². The highest BCUT2D eigenvalue weighted by molar-refractivity contribution is 7.98. The van der Waals surface area contributed by atoms with Crippen molar-refractivity contribution in [3.63, 3.8) is 0 Å². The van der Waals surface area contributed by atoms with E-state index >= 15 is 0 Å². The molecule has 3 rings (SSSR count). The molecular formula is C23H29NO5S. The molecule has 1 atom stereocenters. The minimum Gasteiger partial charge on any atom is -0.493 e. The molecule has 0 fully saturated rings. The van der Waals surface area contributed by atoms with Gasteiger partial charge in [0.1, 0.15) is 0 Å². The minimum atomic E-state index is -0.234. The van der Waals surface area contributed by atoms with Crippen LogP contribution in [-0.2, 0) is 11.2 Å². The number of hydrogen-bond donors (Lipinski definition) is 0. The number of fused-ring (bicyclic) bond motifs is 1. The Balaban J connectivity index is 2.14. The van der Waals surface area contributed by atoms with Crippen molar-refractivity contribution in [1.82, 2.24) is 4.90 Å². The molecule has 162 valence electrons. The number of methoxy groups -OCH3 is 4. The molecule has 0 aliphatic carbocycles. The fourth-order valence-corrected chi connectivity index (χ4v) is 4.31. The van der Waals surface area contributed by atoms with E-state index in [2.05, 4.69) is 0 Å². The van der Waals surface area contributed by atoms with Gasteiger partial charge in [-0.3, -0.25) is 4.79 Å². The van der Waals surface area contributed by atoms with Gasteiger partial charge in [-0.2, -0.15) is 11.8 Å². The van der Waals surface area contributed by atoms with Crippen LogP contribution in [0.1, 0.15) is 29.2 Å². The van der Waals surface area contributed by atoms with Gasteiger partial charge in [0.05, 0.1) is 34.5 Å². The van der Waals surface area contributed by atoms with Crippen LogP contribution in [0.2, 0.25) is 0 Å². The molecule has 0 aromatic heterocycles. The molecule has 0 saturated carbocycles. The fourth-order valence-electron chi connectivity index (χ4n) is 3.93. The first-order valence-corrected chi connectivity index (χ1v) is 11.2. The van der Waals surface area contributed by atoms with Crippen LogP contribution in [0.4, 0.5) is 0 Å². The van der Waals surface area contributed by atoms with Crippen LogP contribution in [-0.4, -0.2) is 57.8 Å². The molecule has 0 radical (unpaired) electrons. The van der Waals surface area contributed by atoms with Gasteiger partial charge in [-0.1, -0.05) is 6.07 Å². The topological polar surface area (TPSA) is 57.2 Å². The number of nitrogens with zero attached hydrogens (tertiary/aromatic N) is 1. The van der Waals surface area contributed by atoms with Gasteiger partial charge in [0.2, 0.25) is 5.91 Å². The van der Waals surface area contributed by atoms with E-state index in [1.165, 1.54) is 0 Å². The van der Waals surface area contributed by atoms with E-state index in [1.807, 2.05) is 41.5 Å². The first-order chi connectivity index (χ1) is 14.6. The van der Waals surface area contributed by atoms with Crippen molar-refractivity contribution in [2.75, 3.05) is 47.0 Å². The second-order valence-electron chi connectivity index (χ2n) is 7.00. The zero-order valence-corrected chi connectivity index (χ0v) is 19.0. The molecule has 30 heavy (non-hydrogen) atoms. The number of carbonyl (C=O) groups is 1. The van der Waals surface area contributed by atoms with Crippen molar-refractivity contribution in [2.45, 2.75) is 18.9 Å². The number of benzene rings is 2. The average molecular weight is 432 g/mol. The van der Waals surface area contributed by atoms with Crippen LogP contribution >= 0.6 is 11.8 Å². The first-order valence-electron chi connectivity index (χ1n) is 9.83. The molecule has 1 unspecified atom stereocenters. The molecule has 0 saturated heterocycles. The van der Waals surface area contributed by atoms with E-state index in [4.69, 9.17) is 18.9 Å². The van der Waals surface area contributed by atoms with Gasteiger partial charge in [0.25, 0.3) is 0 Å². The zero-order chi connectivity index (χ0) is 21.7. The molecule has 2 aromatic rings. The Labute approximate surface area is 182 Å². The monoisotopic (exact) mass is 431 g/mol. The molecule has 0 bridgehead atoms. The van der Waals surface area contributed by atoms with E-state index in [0.717, 1.165) is 28.9 Å². The normalized spacial score (nSPS) is 15.4. The maximum atomic E-state index is 13.1. The number of rotatable bonds is 8. The minimum absolute atomic E-state index is 0.143. The van der Waals surface area contributed by atoms with Crippen molar-refractivity contribution in [2.24, 2.45) is 0 Å². The Morgan fingerprint density at radius 3 is 2.23 bits per heavy atom. The molecule has 6 nitrogen and oxygen atoms in total. The highest BCUT2D eigenvalue weighted by Crippen LogP contribution is 2.43. The number of hydrogen-bond acceptors (Lipinski definition) is 6. The number of ether oxygens (including phenoxy) is 4.